The normalized spacial score (nSPS) is 17.3. The Hall–Kier alpha value is -1.15. The van der Waals surface area contributed by atoms with Gasteiger partial charge in [0.25, 0.3) is 0 Å². The molecule has 0 saturated carbocycles. The third-order valence-electron chi connectivity index (χ3n) is 5.63. The highest BCUT2D eigenvalue weighted by atomic mass is 32.2. The third kappa shape index (κ3) is 11.0. The number of nitrogens with zero attached hydrogens (tertiary/aromatic N) is 2. The molecule has 170 valence electrons. The first-order valence-corrected chi connectivity index (χ1v) is 13.2. The smallest absolute Gasteiger partial charge is 0.227 e. The summed E-state index contributed by atoms with van der Waals surface area (Å²) in [6, 6.07) is 0. The van der Waals surface area contributed by atoms with E-state index in [0.717, 1.165) is 77.4 Å². The number of unbranched alkanes of at least 4 members (excludes halogenated alkanes) is 6. The minimum Gasteiger partial charge on any atom is -0.343 e. The fourth-order valence-corrected chi connectivity index (χ4v) is 4.41. The van der Waals surface area contributed by atoms with E-state index in [0.29, 0.717) is 19.5 Å². The van der Waals surface area contributed by atoms with Crippen LogP contribution in [-0.2, 0) is 19.6 Å². The Morgan fingerprint density at radius 1 is 1.00 bits per heavy atom. The van der Waals surface area contributed by atoms with E-state index in [4.69, 9.17) is 0 Å². The van der Waals surface area contributed by atoms with E-state index in [-0.39, 0.29) is 17.7 Å². The monoisotopic (exact) mass is 431 g/mol. The molecule has 1 fully saturated rings. The van der Waals surface area contributed by atoms with Crippen molar-refractivity contribution in [2.24, 2.45) is 5.92 Å². The average molecular weight is 432 g/mol. The topological polar surface area (TPSA) is 86.8 Å². The van der Waals surface area contributed by atoms with Crippen LogP contribution < -0.4 is 4.72 Å². The van der Waals surface area contributed by atoms with Crippen molar-refractivity contribution >= 4 is 21.8 Å². The molecule has 29 heavy (non-hydrogen) atoms. The molecule has 1 heterocycles. The zero-order valence-corrected chi connectivity index (χ0v) is 19.4. The molecule has 1 aliphatic heterocycles. The summed E-state index contributed by atoms with van der Waals surface area (Å²) in [7, 11) is -3.07. The number of rotatable bonds is 14. The lowest BCUT2D eigenvalue weighted by molar-refractivity contribution is -0.140. The van der Waals surface area contributed by atoms with Crippen molar-refractivity contribution in [2.75, 3.05) is 39.0 Å². The molecule has 0 radical (unpaired) electrons. The van der Waals surface area contributed by atoms with Crippen molar-refractivity contribution in [3.63, 3.8) is 0 Å². The van der Waals surface area contributed by atoms with Crippen LogP contribution in [0, 0.1) is 5.92 Å². The Balaban J connectivity index is 2.13. The lowest BCUT2D eigenvalue weighted by Crippen LogP contribution is -2.46. The number of carbonyl (C=O) groups excluding carboxylic acids is 2. The Bertz CT molecular complexity index is 591. The zero-order valence-electron chi connectivity index (χ0n) is 18.6. The van der Waals surface area contributed by atoms with Crippen molar-refractivity contribution in [1.29, 1.82) is 0 Å². The van der Waals surface area contributed by atoms with Gasteiger partial charge in [0.05, 0.1) is 12.2 Å². The number of carbonyl (C=O) groups is 2. The summed E-state index contributed by atoms with van der Waals surface area (Å²) in [5, 5.41) is 0. The Morgan fingerprint density at radius 3 is 2.17 bits per heavy atom. The Kier molecular flexibility index (Phi) is 12.5. The largest absolute Gasteiger partial charge is 0.343 e. The molecule has 0 aromatic heterocycles. The molecule has 7 nitrogen and oxygen atoms in total. The van der Waals surface area contributed by atoms with E-state index in [1.165, 1.54) is 6.26 Å². The molecule has 1 saturated heterocycles. The van der Waals surface area contributed by atoms with Crippen molar-refractivity contribution in [3.05, 3.63) is 0 Å². The van der Waals surface area contributed by atoms with Crippen LogP contribution in [-0.4, -0.2) is 69.0 Å². The van der Waals surface area contributed by atoms with Crippen molar-refractivity contribution in [1.82, 2.24) is 14.5 Å². The van der Waals surface area contributed by atoms with Gasteiger partial charge in [0.2, 0.25) is 21.8 Å². The Morgan fingerprint density at radius 2 is 1.59 bits per heavy atom. The number of sulfonamides is 1. The summed E-state index contributed by atoms with van der Waals surface area (Å²) in [6.45, 7) is 7.33. The number of hydrogen-bond donors (Lipinski definition) is 1. The van der Waals surface area contributed by atoms with E-state index in [2.05, 4.69) is 4.72 Å². The molecular weight excluding hydrogens is 390 g/mol. The zero-order chi connectivity index (χ0) is 21.7. The van der Waals surface area contributed by atoms with Gasteiger partial charge in [0.1, 0.15) is 0 Å². The first kappa shape index (κ1) is 25.9. The second-order valence-electron chi connectivity index (χ2n) is 8.08. The van der Waals surface area contributed by atoms with Gasteiger partial charge in [0.15, 0.2) is 0 Å². The van der Waals surface area contributed by atoms with Gasteiger partial charge in [-0.25, -0.2) is 13.1 Å². The lowest BCUT2D eigenvalue weighted by Gasteiger charge is -2.34. The highest BCUT2D eigenvalue weighted by Crippen LogP contribution is 2.20. The van der Waals surface area contributed by atoms with Gasteiger partial charge in [-0.2, -0.15) is 0 Å². The minimum absolute atomic E-state index is 0.0372. The third-order valence-corrected chi connectivity index (χ3v) is 6.36. The molecule has 2 amide bonds. The number of amides is 2. The van der Waals surface area contributed by atoms with Crippen molar-refractivity contribution in [3.8, 4) is 0 Å². The Labute approximate surface area is 177 Å². The molecule has 1 unspecified atom stereocenters. The van der Waals surface area contributed by atoms with Crippen LogP contribution in [0.2, 0.25) is 0 Å². The van der Waals surface area contributed by atoms with E-state index in [9.17, 15) is 18.0 Å². The van der Waals surface area contributed by atoms with Gasteiger partial charge in [-0.15, -0.1) is 0 Å². The molecule has 1 atom stereocenters. The lowest BCUT2D eigenvalue weighted by atomic mass is 9.96. The van der Waals surface area contributed by atoms with Gasteiger partial charge in [-0.05, 0) is 39.5 Å². The number of likely N-dealkylation sites (tertiary alicyclic amines) is 1. The van der Waals surface area contributed by atoms with E-state index < -0.39 is 10.0 Å². The maximum Gasteiger partial charge on any atom is 0.227 e. The van der Waals surface area contributed by atoms with E-state index in [1.54, 1.807) is 0 Å². The summed E-state index contributed by atoms with van der Waals surface area (Å²) < 4.78 is 24.4. The van der Waals surface area contributed by atoms with Crippen LogP contribution in [0.15, 0.2) is 0 Å². The van der Waals surface area contributed by atoms with Gasteiger partial charge < -0.3 is 9.80 Å². The number of hydrogen-bond acceptors (Lipinski definition) is 4. The molecule has 1 N–H and O–H groups in total. The van der Waals surface area contributed by atoms with Crippen LogP contribution in [0.25, 0.3) is 0 Å². The molecule has 0 bridgehead atoms. The molecule has 1 aliphatic rings. The van der Waals surface area contributed by atoms with Crippen molar-refractivity contribution in [2.45, 2.75) is 78.1 Å². The number of nitrogens with one attached hydrogen (secondary N) is 1. The summed E-state index contributed by atoms with van der Waals surface area (Å²) in [5.74, 6) is 0.345. The summed E-state index contributed by atoms with van der Waals surface area (Å²) in [6.07, 6.45) is 10.7. The quantitative estimate of drug-likeness (QED) is 0.429. The fraction of sp³-hybridized carbons (Fsp3) is 0.905. The van der Waals surface area contributed by atoms with Crippen LogP contribution in [0.3, 0.4) is 0 Å². The highest BCUT2D eigenvalue weighted by molar-refractivity contribution is 7.88. The number of piperidine rings is 1. The molecular formula is C21H41N3O4S. The van der Waals surface area contributed by atoms with Gasteiger partial charge in [-0.1, -0.05) is 32.1 Å². The van der Waals surface area contributed by atoms with Crippen LogP contribution in [0.1, 0.15) is 78.1 Å². The molecule has 0 aromatic carbocycles. The van der Waals surface area contributed by atoms with Crippen molar-refractivity contribution < 1.29 is 18.0 Å². The first-order valence-electron chi connectivity index (χ1n) is 11.3. The second-order valence-corrected chi connectivity index (χ2v) is 9.91. The average Bonchev–Trinajstić information content (AvgIpc) is 2.69. The predicted molar refractivity (Wildman–Crippen MR) is 117 cm³/mol. The molecule has 0 aromatic rings. The fourth-order valence-electron chi connectivity index (χ4n) is 3.90. The van der Waals surface area contributed by atoms with Gasteiger partial charge in [0, 0.05) is 39.1 Å². The first-order chi connectivity index (χ1) is 13.8. The standard InChI is InChI=1S/C21H41N3O4S/c1-4-23(5-2)21(26)19-14-13-17-24(18-19)20(25)15-11-9-7-6-8-10-12-16-22-29(3,27)28/h19,22H,4-18H2,1-3H3. The SMILES string of the molecule is CCN(CC)C(=O)C1CCCN(C(=O)CCCCCCCCCNS(C)(=O)=O)C1. The second kappa shape index (κ2) is 14.0. The minimum atomic E-state index is -3.07. The van der Waals surface area contributed by atoms with E-state index in [1.807, 2.05) is 23.6 Å². The predicted octanol–water partition coefficient (Wildman–Crippen LogP) is 2.76. The summed E-state index contributed by atoms with van der Waals surface area (Å²) >= 11 is 0. The summed E-state index contributed by atoms with van der Waals surface area (Å²) in [5.41, 5.74) is 0. The molecule has 8 heteroatoms. The molecule has 1 rings (SSSR count). The summed E-state index contributed by atoms with van der Waals surface area (Å²) in [4.78, 5) is 28.8. The maximum absolute atomic E-state index is 12.6. The van der Waals surface area contributed by atoms with E-state index >= 15 is 0 Å². The molecule has 0 aliphatic carbocycles. The van der Waals surface area contributed by atoms with Crippen LogP contribution >= 0.6 is 0 Å². The van der Waals surface area contributed by atoms with Gasteiger partial charge >= 0.3 is 0 Å². The maximum atomic E-state index is 12.6. The van der Waals surface area contributed by atoms with Crippen LogP contribution in [0.4, 0.5) is 0 Å². The van der Waals surface area contributed by atoms with Crippen LogP contribution in [0.5, 0.6) is 0 Å². The molecule has 0 spiro atoms. The van der Waals surface area contributed by atoms with Gasteiger partial charge in [-0.3, -0.25) is 9.59 Å². The highest BCUT2D eigenvalue weighted by Gasteiger charge is 2.30.